The van der Waals surface area contributed by atoms with Gasteiger partial charge in [0.2, 0.25) is 65.0 Å². The number of rotatable bonds is 35. The molecule has 0 radical (unpaired) electrons. The number of fused-ring (bicyclic) bond motifs is 2. The van der Waals surface area contributed by atoms with Gasteiger partial charge in [-0.3, -0.25) is 57.7 Å². The number of imidazole rings is 1. The number of carboxylic acids is 1. The van der Waals surface area contributed by atoms with E-state index in [1.807, 2.05) is 36.4 Å². The van der Waals surface area contributed by atoms with Gasteiger partial charge >= 0.3 is 5.97 Å². The summed E-state index contributed by atoms with van der Waals surface area (Å²) in [6.07, 6.45) is 8.49. The quantitative estimate of drug-likeness (QED) is 0.0114. The van der Waals surface area contributed by atoms with Crippen molar-refractivity contribution in [1.82, 2.24) is 76.8 Å². The molecule has 4 aliphatic heterocycles. The van der Waals surface area contributed by atoms with Crippen LogP contribution >= 0.6 is 11.8 Å². The molecule has 0 saturated carbocycles. The summed E-state index contributed by atoms with van der Waals surface area (Å²) >= 11 is 1.38. The van der Waals surface area contributed by atoms with Crippen LogP contribution in [0.5, 0.6) is 0 Å². The monoisotopic (exact) mass is 1480 g/mol. The summed E-state index contributed by atoms with van der Waals surface area (Å²) in [5.74, 6) is -9.72. The molecule has 105 heavy (non-hydrogen) atoms. The Bertz CT molecular complexity index is 3970. The molecule has 11 amide bonds. The number of nitrogens with one attached hydrogen (secondary N) is 10. The number of amides is 11. The number of para-hydroxylation sites is 2. The van der Waals surface area contributed by atoms with Crippen molar-refractivity contribution >= 4 is 110 Å². The molecule has 13 atom stereocenters. The zero-order valence-corrected chi connectivity index (χ0v) is 60.0. The first kappa shape index (κ1) is 79.0. The minimum atomic E-state index is -1.67. The Morgan fingerprint density at radius 3 is 1.65 bits per heavy atom. The number of aliphatic imine (C=N–C) groups is 1. The van der Waals surface area contributed by atoms with Gasteiger partial charge in [-0.1, -0.05) is 50.2 Å². The third-order valence-electron chi connectivity index (χ3n) is 19.8. The fourth-order valence-electron chi connectivity index (χ4n) is 13.9. The van der Waals surface area contributed by atoms with E-state index in [4.69, 9.17) is 17.2 Å². The maximum Gasteiger partial charge on any atom is 0.326 e. The molecule has 5 aromatic rings. The zero-order valence-electron chi connectivity index (χ0n) is 59.2. The molecule has 19 N–H and O–H groups in total. The summed E-state index contributed by atoms with van der Waals surface area (Å²) in [6, 6.07) is -0.826. The average molecular weight is 1480 g/mol. The van der Waals surface area contributed by atoms with E-state index in [0.29, 0.717) is 52.7 Å². The van der Waals surface area contributed by atoms with E-state index in [1.165, 1.54) is 50.8 Å². The highest BCUT2D eigenvalue weighted by molar-refractivity contribution is 7.98. The number of carbonyl (C=O) groups excluding carboxylic acids is 11. The summed E-state index contributed by atoms with van der Waals surface area (Å²) in [4.78, 5) is 194. The van der Waals surface area contributed by atoms with Crippen molar-refractivity contribution in [3.63, 3.8) is 0 Å². The summed E-state index contributed by atoms with van der Waals surface area (Å²) in [5, 5.41) is 51.5. The Morgan fingerprint density at radius 2 is 1.09 bits per heavy atom. The van der Waals surface area contributed by atoms with Crippen LogP contribution in [-0.4, -0.2) is 262 Å². The van der Waals surface area contributed by atoms with Crippen LogP contribution in [0.3, 0.4) is 0 Å². The molecule has 35 heteroatoms. The number of carboxylic acid groups (broad SMARTS) is 1. The molecule has 4 fully saturated rings. The lowest BCUT2D eigenvalue weighted by atomic mass is 9.97. The number of aromatic amines is 3. The van der Waals surface area contributed by atoms with Gasteiger partial charge in [0.1, 0.15) is 72.5 Å². The molecule has 3 aromatic heterocycles. The maximum absolute atomic E-state index is 14.9. The number of carbonyl (C=O) groups is 12. The number of aliphatic carboxylic acids is 1. The van der Waals surface area contributed by atoms with Gasteiger partial charge in [0.05, 0.1) is 19.0 Å². The molecule has 0 aliphatic carbocycles. The Labute approximate surface area is 610 Å². The predicted molar refractivity (Wildman–Crippen MR) is 386 cm³/mol. The molecule has 34 nitrogen and oxygen atoms in total. The molecule has 568 valence electrons. The average Bonchev–Trinajstić information content (AvgIpc) is 1.77. The van der Waals surface area contributed by atoms with Crippen LogP contribution in [0.1, 0.15) is 102 Å². The fraction of sp³-hybridized carbons (Fsp3) is 0.543. The molecular formula is C70H97N19O15S. The topological polar surface area (TPSA) is 513 Å². The van der Waals surface area contributed by atoms with E-state index < -0.39 is 162 Å². The molecular weight excluding hydrogens is 1380 g/mol. The van der Waals surface area contributed by atoms with Crippen LogP contribution in [-0.2, 0) is 76.8 Å². The van der Waals surface area contributed by atoms with Crippen LogP contribution in [0.25, 0.3) is 21.8 Å². The molecule has 0 spiro atoms. The van der Waals surface area contributed by atoms with Gasteiger partial charge in [-0.2, -0.15) is 11.8 Å². The lowest BCUT2D eigenvalue weighted by Gasteiger charge is -2.40. The lowest BCUT2D eigenvalue weighted by Crippen LogP contribution is -2.63. The SMILES string of the molecule is CSCC[C@H](NC(=O)[C@@H]1CCCN1C(=O)[C@@H]1CCCN1C(=O)[C@H](CCCN=C(N)N)NC(=O)[C@H](Cc1cnc[nH]1)NC(=O)[C@@H](N)[C@@H](C)O)C(=O)N[C@@H](Cc1c[nH]c2ccccc12)C(=O)N[C@@H](CO)C(=O)N1CCC[C@H]1C(=O)N[C@H](C(=O)N[C@@H](Cc1c[nH]c2ccccc12)C(=O)N1CC[C@H]1C(=O)O)C(C)C. The van der Waals surface area contributed by atoms with Crippen LogP contribution in [0.2, 0.25) is 0 Å². The number of aromatic nitrogens is 4. The normalized spacial score (nSPS) is 19.8. The molecule has 4 aliphatic rings. The third-order valence-corrected chi connectivity index (χ3v) is 20.5. The first-order valence-corrected chi connectivity index (χ1v) is 36.9. The minimum Gasteiger partial charge on any atom is -0.480 e. The molecule has 0 bridgehead atoms. The smallest absolute Gasteiger partial charge is 0.326 e. The van der Waals surface area contributed by atoms with Crippen molar-refractivity contribution in [2.75, 3.05) is 51.3 Å². The standard InChI is InChI=1S/C70H97N19O15S/c1-37(2)57(64(98)83-50(66(100)89-27-21-55(89)69(103)104)30-40-33-77-45-16-8-6-14-43(40)45)85-62(96)53-19-10-24-86(53)67(101)51(35-90)84-59(93)48(29-39-32-76-44-15-7-5-13-42(39)44)81-58(92)46(22-28-105-4)79-61(95)52-18-11-25-87(52)68(102)54-20-12-26-88(54)65(99)47(17-9-23-75-70(72)73)80-60(94)49(31-41-34-74-36-78-41)82-63(97)56(71)38(3)91/h5-8,13-16,32-34,36-38,46-57,76-77,90-91H,9-12,17-31,35,71H2,1-4H3,(H,74,78)(H,79,95)(H,80,94)(H,81,92)(H,82,97)(H,83,98)(H,84,93)(H,85,96)(H,103,104)(H4,72,73,75)/t38-,46+,47+,48+,49+,50+,51+,52+,53+,54+,55+,56+,57+/m1/s1. The van der Waals surface area contributed by atoms with Crippen LogP contribution in [0, 0.1) is 5.92 Å². The second-order valence-corrected chi connectivity index (χ2v) is 28.4. The molecule has 9 rings (SSSR count). The number of hydrogen-bond donors (Lipinski definition) is 16. The first-order valence-electron chi connectivity index (χ1n) is 35.5. The van der Waals surface area contributed by atoms with E-state index in [9.17, 15) is 72.9 Å². The van der Waals surface area contributed by atoms with Crippen LogP contribution in [0.15, 0.2) is 78.4 Å². The minimum absolute atomic E-state index is 0.0118. The summed E-state index contributed by atoms with van der Waals surface area (Å²) in [6.45, 7) is 4.20. The van der Waals surface area contributed by atoms with E-state index in [0.717, 1.165) is 10.9 Å². The van der Waals surface area contributed by atoms with Crippen LogP contribution < -0.4 is 54.4 Å². The highest BCUT2D eigenvalue weighted by Crippen LogP contribution is 2.29. The zero-order chi connectivity index (χ0) is 75.8. The number of hydrogen-bond acceptors (Lipinski definition) is 18. The van der Waals surface area contributed by atoms with Crippen molar-refractivity contribution < 1.29 is 72.9 Å². The summed E-state index contributed by atoms with van der Waals surface area (Å²) < 4.78 is 0. The van der Waals surface area contributed by atoms with Gasteiger partial charge in [0.25, 0.3) is 0 Å². The van der Waals surface area contributed by atoms with Crippen molar-refractivity contribution in [3.8, 4) is 0 Å². The van der Waals surface area contributed by atoms with E-state index in [2.05, 4.69) is 62.1 Å². The predicted octanol–water partition coefficient (Wildman–Crippen LogP) is -2.38. The number of benzene rings is 2. The second kappa shape index (κ2) is 36.5. The Morgan fingerprint density at radius 1 is 0.581 bits per heavy atom. The van der Waals surface area contributed by atoms with Crippen molar-refractivity contribution in [2.24, 2.45) is 28.1 Å². The number of H-pyrrole nitrogens is 3. The Hall–Kier alpha value is -10.1. The maximum atomic E-state index is 14.9. The van der Waals surface area contributed by atoms with Crippen molar-refractivity contribution in [1.29, 1.82) is 0 Å². The third kappa shape index (κ3) is 19.6. The van der Waals surface area contributed by atoms with E-state index in [-0.39, 0.29) is 103 Å². The highest BCUT2D eigenvalue weighted by atomic mass is 32.2. The van der Waals surface area contributed by atoms with Gasteiger partial charge in [0.15, 0.2) is 5.96 Å². The number of nitrogens with two attached hydrogens (primary N) is 3. The fourth-order valence-corrected chi connectivity index (χ4v) is 14.4. The molecule has 2 aromatic carbocycles. The van der Waals surface area contributed by atoms with Gasteiger partial charge < -0.3 is 104 Å². The summed E-state index contributed by atoms with van der Waals surface area (Å²) in [5.41, 5.74) is 20.3. The number of likely N-dealkylation sites (tertiary alicyclic amines) is 4. The van der Waals surface area contributed by atoms with Gasteiger partial charge in [-0.15, -0.1) is 0 Å². The number of nitrogens with zero attached hydrogens (tertiary/aromatic N) is 6. The first-order chi connectivity index (χ1) is 50.3. The van der Waals surface area contributed by atoms with Gasteiger partial charge in [-0.05, 0) is 112 Å². The Kier molecular flexibility index (Phi) is 27.5. The second-order valence-electron chi connectivity index (χ2n) is 27.4. The number of thioether (sulfide) groups is 1. The van der Waals surface area contributed by atoms with Gasteiger partial charge in [-0.25, -0.2) is 9.78 Å². The number of aliphatic hydroxyl groups excluding tert-OH is 2. The molecule has 4 saturated heterocycles. The largest absolute Gasteiger partial charge is 0.480 e. The Balaban J connectivity index is 0.877. The van der Waals surface area contributed by atoms with Crippen LogP contribution in [0.4, 0.5) is 0 Å². The molecule has 0 unspecified atom stereocenters. The van der Waals surface area contributed by atoms with E-state index >= 15 is 0 Å². The van der Waals surface area contributed by atoms with Gasteiger partial charge in [0, 0.05) is 98.1 Å². The number of aliphatic hydroxyl groups is 2. The highest BCUT2D eigenvalue weighted by Gasteiger charge is 2.47. The number of guanidine groups is 1. The van der Waals surface area contributed by atoms with Crippen molar-refractivity contribution in [3.05, 3.63) is 90.3 Å². The summed E-state index contributed by atoms with van der Waals surface area (Å²) in [7, 11) is 0. The lowest BCUT2D eigenvalue weighted by molar-refractivity contribution is -0.158. The van der Waals surface area contributed by atoms with E-state index in [1.54, 1.807) is 44.6 Å². The van der Waals surface area contributed by atoms with Crippen molar-refractivity contribution in [2.45, 2.75) is 183 Å². The molecule has 7 heterocycles.